The molecule has 0 radical (unpaired) electrons. The Morgan fingerprint density at radius 3 is 2.36 bits per heavy atom. The van der Waals surface area contributed by atoms with E-state index in [0.29, 0.717) is 5.92 Å². The van der Waals surface area contributed by atoms with E-state index in [9.17, 15) is 0 Å². The molecule has 1 aliphatic carbocycles. The van der Waals surface area contributed by atoms with Gasteiger partial charge in [-0.1, -0.05) is 12.8 Å². The maximum Gasteiger partial charge on any atom is 0.135 e. The van der Waals surface area contributed by atoms with Crippen LogP contribution in [0.5, 0.6) is 0 Å². The predicted octanol–water partition coefficient (Wildman–Crippen LogP) is 1.53. The Morgan fingerprint density at radius 2 is 1.73 bits per heavy atom. The van der Waals surface area contributed by atoms with Crippen LogP contribution < -0.4 is 0 Å². The molecule has 11 heavy (non-hydrogen) atoms. The SMILES string of the molecule is c1ncnc(C2CCCC2)n1. The highest BCUT2D eigenvalue weighted by Crippen LogP contribution is 2.31. The summed E-state index contributed by atoms with van der Waals surface area (Å²) in [6.45, 7) is 0. The van der Waals surface area contributed by atoms with Crippen molar-refractivity contribution >= 4 is 0 Å². The van der Waals surface area contributed by atoms with Crippen molar-refractivity contribution in [1.29, 1.82) is 0 Å². The molecule has 1 aromatic heterocycles. The van der Waals surface area contributed by atoms with Gasteiger partial charge in [0, 0.05) is 5.92 Å². The van der Waals surface area contributed by atoms with Gasteiger partial charge in [-0.05, 0) is 12.8 Å². The molecule has 1 aliphatic rings. The smallest absolute Gasteiger partial charge is 0.135 e. The summed E-state index contributed by atoms with van der Waals surface area (Å²) in [5.41, 5.74) is 0. The predicted molar refractivity (Wildman–Crippen MR) is 41.0 cm³/mol. The molecular formula is C8H11N3. The van der Waals surface area contributed by atoms with Gasteiger partial charge in [0.1, 0.15) is 18.5 Å². The summed E-state index contributed by atoms with van der Waals surface area (Å²) in [6.07, 6.45) is 8.34. The van der Waals surface area contributed by atoms with E-state index in [1.54, 1.807) is 12.7 Å². The minimum atomic E-state index is 0.609. The monoisotopic (exact) mass is 149 g/mol. The lowest BCUT2D eigenvalue weighted by Gasteiger charge is -2.03. The number of nitrogens with zero attached hydrogens (tertiary/aromatic N) is 3. The van der Waals surface area contributed by atoms with Gasteiger partial charge in [0.05, 0.1) is 0 Å². The molecule has 0 spiro atoms. The van der Waals surface area contributed by atoms with E-state index in [2.05, 4.69) is 15.0 Å². The van der Waals surface area contributed by atoms with E-state index in [0.717, 1.165) is 5.82 Å². The fourth-order valence-corrected chi connectivity index (χ4v) is 1.64. The van der Waals surface area contributed by atoms with Crippen molar-refractivity contribution in [2.45, 2.75) is 31.6 Å². The van der Waals surface area contributed by atoms with Crippen LogP contribution >= 0.6 is 0 Å². The van der Waals surface area contributed by atoms with Crippen LogP contribution in [-0.4, -0.2) is 15.0 Å². The lowest BCUT2D eigenvalue weighted by molar-refractivity contribution is 0.660. The second-order valence-corrected chi connectivity index (χ2v) is 2.98. The lowest BCUT2D eigenvalue weighted by Crippen LogP contribution is -1.99. The Morgan fingerprint density at radius 1 is 1.09 bits per heavy atom. The summed E-state index contributed by atoms with van der Waals surface area (Å²) in [4.78, 5) is 12.1. The van der Waals surface area contributed by atoms with Crippen LogP contribution in [0, 0.1) is 0 Å². The molecule has 1 heterocycles. The topological polar surface area (TPSA) is 38.7 Å². The van der Waals surface area contributed by atoms with Crippen LogP contribution in [0.3, 0.4) is 0 Å². The van der Waals surface area contributed by atoms with Crippen LogP contribution in [0.4, 0.5) is 0 Å². The van der Waals surface area contributed by atoms with Crippen molar-refractivity contribution < 1.29 is 0 Å². The molecule has 0 N–H and O–H groups in total. The molecule has 1 aromatic rings. The Kier molecular flexibility index (Phi) is 1.79. The van der Waals surface area contributed by atoms with Crippen LogP contribution in [0.1, 0.15) is 37.4 Å². The average molecular weight is 149 g/mol. The second kappa shape index (κ2) is 2.95. The maximum atomic E-state index is 4.14. The zero-order chi connectivity index (χ0) is 7.52. The van der Waals surface area contributed by atoms with Gasteiger partial charge in [0.15, 0.2) is 0 Å². The summed E-state index contributed by atoms with van der Waals surface area (Å²) in [7, 11) is 0. The first-order chi connectivity index (χ1) is 5.47. The van der Waals surface area contributed by atoms with Crippen molar-refractivity contribution in [3.8, 4) is 0 Å². The summed E-state index contributed by atoms with van der Waals surface area (Å²) in [5.74, 6) is 1.59. The first-order valence-electron chi connectivity index (χ1n) is 4.09. The first-order valence-corrected chi connectivity index (χ1v) is 4.09. The van der Waals surface area contributed by atoms with Crippen LogP contribution in [-0.2, 0) is 0 Å². The molecule has 0 unspecified atom stereocenters. The molecule has 0 aromatic carbocycles. The van der Waals surface area contributed by atoms with Gasteiger partial charge < -0.3 is 0 Å². The van der Waals surface area contributed by atoms with Crippen molar-refractivity contribution in [1.82, 2.24) is 15.0 Å². The highest BCUT2D eigenvalue weighted by atomic mass is 15.0. The highest BCUT2D eigenvalue weighted by molar-refractivity contribution is 4.95. The molecule has 0 atom stereocenters. The molecule has 0 amide bonds. The molecule has 3 nitrogen and oxygen atoms in total. The van der Waals surface area contributed by atoms with Crippen molar-refractivity contribution in [2.75, 3.05) is 0 Å². The number of aromatic nitrogens is 3. The van der Waals surface area contributed by atoms with Gasteiger partial charge in [-0.2, -0.15) is 0 Å². The summed E-state index contributed by atoms with van der Waals surface area (Å²) in [6, 6.07) is 0. The number of hydrogen-bond acceptors (Lipinski definition) is 3. The fraction of sp³-hybridized carbons (Fsp3) is 0.625. The van der Waals surface area contributed by atoms with E-state index in [1.807, 2.05) is 0 Å². The molecule has 1 saturated carbocycles. The van der Waals surface area contributed by atoms with Crippen molar-refractivity contribution in [3.63, 3.8) is 0 Å². The Balaban J connectivity index is 2.16. The first kappa shape index (κ1) is 6.70. The standard InChI is InChI=1S/C8H11N3/c1-2-4-7(3-1)8-10-5-9-6-11-8/h5-7H,1-4H2. The third-order valence-electron chi connectivity index (χ3n) is 2.23. The largest absolute Gasteiger partial charge is 0.225 e. The van der Waals surface area contributed by atoms with E-state index in [4.69, 9.17) is 0 Å². The lowest BCUT2D eigenvalue weighted by atomic mass is 10.1. The molecule has 0 saturated heterocycles. The summed E-state index contributed by atoms with van der Waals surface area (Å²) >= 11 is 0. The molecule has 1 fully saturated rings. The van der Waals surface area contributed by atoms with Gasteiger partial charge in [-0.15, -0.1) is 0 Å². The van der Waals surface area contributed by atoms with E-state index in [-0.39, 0.29) is 0 Å². The van der Waals surface area contributed by atoms with Crippen LogP contribution in [0.15, 0.2) is 12.7 Å². The van der Waals surface area contributed by atoms with E-state index in [1.165, 1.54) is 25.7 Å². The summed E-state index contributed by atoms with van der Waals surface area (Å²) < 4.78 is 0. The van der Waals surface area contributed by atoms with Gasteiger partial charge in [-0.25, -0.2) is 15.0 Å². The Hall–Kier alpha value is -0.990. The average Bonchev–Trinajstić information content (AvgIpc) is 2.58. The Bertz CT molecular complexity index is 216. The minimum absolute atomic E-state index is 0.609. The molecule has 0 bridgehead atoms. The van der Waals surface area contributed by atoms with Gasteiger partial charge in [0.2, 0.25) is 0 Å². The zero-order valence-electron chi connectivity index (χ0n) is 6.40. The third kappa shape index (κ3) is 1.37. The maximum absolute atomic E-state index is 4.14. The fourth-order valence-electron chi connectivity index (χ4n) is 1.64. The highest BCUT2D eigenvalue weighted by Gasteiger charge is 2.18. The zero-order valence-corrected chi connectivity index (χ0v) is 6.40. The minimum Gasteiger partial charge on any atom is -0.225 e. The van der Waals surface area contributed by atoms with E-state index < -0.39 is 0 Å². The van der Waals surface area contributed by atoms with Crippen LogP contribution in [0.25, 0.3) is 0 Å². The molecule has 0 aliphatic heterocycles. The quantitative estimate of drug-likeness (QED) is 0.607. The third-order valence-corrected chi connectivity index (χ3v) is 2.23. The molecule has 58 valence electrons. The van der Waals surface area contributed by atoms with Gasteiger partial charge in [0.25, 0.3) is 0 Å². The number of hydrogen-bond donors (Lipinski definition) is 0. The summed E-state index contributed by atoms with van der Waals surface area (Å²) in [5, 5.41) is 0. The molecule has 3 heteroatoms. The molecule has 2 rings (SSSR count). The Labute approximate surface area is 65.9 Å². The van der Waals surface area contributed by atoms with Gasteiger partial charge >= 0.3 is 0 Å². The molecular weight excluding hydrogens is 138 g/mol. The van der Waals surface area contributed by atoms with Crippen molar-refractivity contribution in [2.24, 2.45) is 0 Å². The number of rotatable bonds is 1. The van der Waals surface area contributed by atoms with Crippen molar-refractivity contribution in [3.05, 3.63) is 18.5 Å². The van der Waals surface area contributed by atoms with Crippen LogP contribution in [0.2, 0.25) is 0 Å². The van der Waals surface area contributed by atoms with E-state index >= 15 is 0 Å². The normalized spacial score (nSPS) is 18.9. The second-order valence-electron chi connectivity index (χ2n) is 2.98. The van der Waals surface area contributed by atoms with Gasteiger partial charge in [-0.3, -0.25) is 0 Å².